The Labute approximate surface area is 135 Å². The molecule has 21 heavy (non-hydrogen) atoms. The first-order chi connectivity index (χ1) is 10.2. The van der Waals surface area contributed by atoms with Crippen molar-refractivity contribution >= 4 is 0 Å². The van der Waals surface area contributed by atoms with E-state index in [0.717, 1.165) is 26.6 Å². The van der Waals surface area contributed by atoms with Crippen LogP contribution in [0.5, 0.6) is 23.0 Å². The van der Waals surface area contributed by atoms with Crippen LogP contribution >= 0.6 is 0 Å². The molecule has 0 unspecified atom stereocenters. The average molecular weight is 401 g/mol. The molecule has 0 heterocycles. The molecule has 2 aromatic carbocycles. The number of hydrogen-bond donors (Lipinski definition) is 0. The SMILES string of the molecule is COc1ccc([I-]c2c(OC)cc(OC)cc2OC)cc1. The van der Waals surface area contributed by atoms with Crippen LogP contribution < -0.4 is 40.2 Å². The van der Waals surface area contributed by atoms with Gasteiger partial charge in [0.15, 0.2) is 0 Å². The van der Waals surface area contributed by atoms with Gasteiger partial charge in [-0.15, -0.1) is 0 Å². The van der Waals surface area contributed by atoms with Crippen molar-refractivity contribution in [2.45, 2.75) is 0 Å². The standard InChI is InChI=1S/C16H18IO4/c1-18-12-7-5-11(6-8-12)17-16-14(20-3)9-13(19-2)10-15(16)21-4/h5-10H,1-4H3/q-1. The van der Waals surface area contributed by atoms with Crippen LogP contribution in [0, 0.1) is 7.14 Å². The van der Waals surface area contributed by atoms with Gasteiger partial charge in [0.2, 0.25) is 0 Å². The number of halogens is 1. The van der Waals surface area contributed by atoms with Crippen LogP contribution in [0.3, 0.4) is 0 Å². The van der Waals surface area contributed by atoms with Crippen LogP contribution in [0.25, 0.3) is 0 Å². The topological polar surface area (TPSA) is 36.9 Å². The molecule has 2 aromatic rings. The van der Waals surface area contributed by atoms with Crippen molar-refractivity contribution in [2.24, 2.45) is 0 Å². The predicted octanol–water partition coefficient (Wildman–Crippen LogP) is -0.151. The van der Waals surface area contributed by atoms with E-state index in [-0.39, 0.29) is 0 Å². The Kier molecular flexibility index (Phi) is 5.55. The van der Waals surface area contributed by atoms with Crippen LogP contribution in [0.1, 0.15) is 0 Å². The van der Waals surface area contributed by atoms with Crippen molar-refractivity contribution < 1.29 is 40.2 Å². The Morgan fingerprint density at radius 2 is 1.19 bits per heavy atom. The fourth-order valence-corrected chi connectivity index (χ4v) is 4.42. The molecule has 0 aliphatic heterocycles. The second kappa shape index (κ2) is 7.40. The molecule has 0 aromatic heterocycles. The molecule has 0 atom stereocenters. The molecule has 0 fully saturated rings. The van der Waals surface area contributed by atoms with Crippen LogP contribution in [0.15, 0.2) is 36.4 Å². The van der Waals surface area contributed by atoms with Gasteiger partial charge in [0.25, 0.3) is 0 Å². The summed E-state index contributed by atoms with van der Waals surface area (Å²) in [4.78, 5) is 0. The van der Waals surface area contributed by atoms with Gasteiger partial charge in [0.1, 0.15) is 0 Å². The molecule has 0 spiro atoms. The molecule has 0 aliphatic rings. The molecule has 114 valence electrons. The number of benzene rings is 2. The van der Waals surface area contributed by atoms with E-state index in [9.17, 15) is 0 Å². The normalized spacial score (nSPS) is 10.3. The van der Waals surface area contributed by atoms with E-state index in [1.165, 1.54) is 3.57 Å². The number of ether oxygens (including phenoxy) is 4. The van der Waals surface area contributed by atoms with E-state index in [1.807, 2.05) is 24.3 Å². The van der Waals surface area contributed by atoms with E-state index in [4.69, 9.17) is 18.9 Å². The zero-order valence-electron chi connectivity index (χ0n) is 12.5. The van der Waals surface area contributed by atoms with Crippen molar-refractivity contribution in [1.82, 2.24) is 0 Å². The zero-order valence-corrected chi connectivity index (χ0v) is 14.6. The van der Waals surface area contributed by atoms with Crippen LogP contribution in [0.4, 0.5) is 0 Å². The van der Waals surface area contributed by atoms with E-state index < -0.39 is 21.2 Å². The molecule has 0 amide bonds. The van der Waals surface area contributed by atoms with Crippen LogP contribution in [0.2, 0.25) is 0 Å². The van der Waals surface area contributed by atoms with Crippen LogP contribution in [-0.2, 0) is 0 Å². The number of hydrogen-bond acceptors (Lipinski definition) is 4. The van der Waals surface area contributed by atoms with Gasteiger partial charge in [-0.2, -0.15) is 0 Å². The summed E-state index contributed by atoms with van der Waals surface area (Å²) < 4.78 is 23.8. The number of methoxy groups -OCH3 is 4. The summed E-state index contributed by atoms with van der Waals surface area (Å²) >= 11 is -0.425. The van der Waals surface area contributed by atoms with Gasteiger partial charge in [-0.05, 0) is 0 Å². The molecular weight excluding hydrogens is 383 g/mol. The van der Waals surface area contributed by atoms with Gasteiger partial charge in [0.05, 0.1) is 0 Å². The van der Waals surface area contributed by atoms with Crippen molar-refractivity contribution in [2.75, 3.05) is 28.4 Å². The second-order valence-electron chi connectivity index (χ2n) is 4.10. The summed E-state index contributed by atoms with van der Waals surface area (Å²) in [5.74, 6) is 3.19. The molecule has 5 heteroatoms. The first-order valence-electron chi connectivity index (χ1n) is 6.30. The monoisotopic (exact) mass is 401 g/mol. The summed E-state index contributed by atoms with van der Waals surface area (Å²) in [5.41, 5.74) is 0. The minimum atomic E-state index is -0.425. The van der Waals surface area contributed by atoms with Crippen molar-refractivity contribution in [1.29, 1.82) is 0 Å². The Morgan fingerprint density at radius 3 is 1.62 bits per heavy atom. The van der Waals surface area contributed by atoms with E-state index in [2.05, 4.69) is 12.1 Å². The van der Waals surface area contributed by atoms with Crippen LogP contribution in [-0.4, -0.2) is 28.4 Å². The minimum absolute atomic E-state index is 0.425. The third-order valence-corrected chi connectivity index (χ3v) is 5.85. The van der Waals surface area contributed by atoms with Crippen molar-refractivity contribution in [3.8, 4) is 23.0 Å². The summed E-state index contributed by atoms with van der Waals surface area (Å²) in [6, 6.07) is 11.9. The molecule has 0 N–H and O–H groups in total. The third-order valence-electron chi connectivity index (χ3n) is 2.91. The summed E-state index contributed by atoms with van der Waals surface area (Å²) in [6.45, 7) is 0. The van der Waals surface area contributed by atoms with Crippen molar-refractivity contribution in [3.63, 3.8) is 0 Å². The number of rotatable bonds is 6. The first kappa shape index (κ1) is 15.8. The fraction of sp³-hybridized carbons (Fsp3) is 0.250. The van der Waals surface area contributed by atoms with Gasteiger partial charge in [-0.3, -0.25) is 0 Å². The molecule has 0 aliphatic carbocycles. The Morgan fingerprint density at radius 1 is 0.667 bits per heavy atom. The molecule has 0 radical (unpaired) electrons. The summed E-state index contributed by atoms with van der Waals surface area (Å²) in [5, 5.41) is 0. The van der Waals surface area contributed by atoms with E-state index in [0.29, 0.717) is 0 Å². The Hall–Kier alpha value is -1.63. The van der Waals surface area contributed by atoms with Gasteiger partial charge in [-0.1, -0.05) is 0 Å². The Balaban J connectivity index is 2.36. The average Bonchev–Trinajstić information content (AvgIpc) is 2.55. The fourth-order valence-electron chi connectivity index (χ4n) is 1.80. The van der Waals surface area contributed by atoms with Gasteiger partial charge in [-0.25, -0.2) is 0 Å². The van der Waals surface area contributed by atoms with Gasteiger partial charge >= 0.3 is 135 Å². The van der Waals surface area contributed by atoms with E-state index >= 15 is 0 Å². The summed E-state index contributed by atoms with van der Waals surface area (Å²) in [7, 11) is 6.62. The summed E-state index contributed by atoms with van der Waals surface area (Å²) in [6.07, 6.45) is 0. The second-order valence-corrected chi connectivity index (χ2v) is 6.96. The molecule has 4 nitrogen and oxygen atoms in total. The zero-order chi connectivity index (χ0) is 15.2. The first-order valence-corrected chi connectivity index (χ1v) is 8.46. The maximum atomic E-state index is 5.49. The maximum absolute atomic E-state index is 5.49. The van der Waals surface area contributed by atoms with Gasteiger partial charge in [0, 0.05) is 0 Å². The molecular formula is C16H18IO4-. The molecule has 0 saturated heterocycles. The van der Waals surface area contributed by atoms with Crippen molar-refractivity contribution in [3.05, 3.63) is 43.5 Å². The molecule has 0 bridgehead atoms. The van der Waals surface area contributed by atoms with Gasteiger partial charge < -0.3 is 0 Å². The quantitative estimate of drug-likeness (QED) is 0.632. The predicted molar refractivity (Wildman–Crippen MR) is 76.5 cm³/mol. The Bertz CT molecular complexity index is 571. The molecule has 2 rings (SSSR count). The van der Waals surface area contributed by atoms with E-state index in [1.54, 1.807) is 28.4 Å². The molecule has 0 saturated carbocycles. The third kappa shape index (κ3) is 3.72.